The van der Waals surface area contributed by atoms with E-state index >= 15 is 0 Å². The molecule has 0 radical (unpaired) electrons. The number of aromatic nitrogens is 3. The van der Waals surface area contributed by atoms with Gasteiger partial charge in [0.25, 0.3) is 5.91 Å². The fraction of sp³-hybridized carbons (Fsp3) is 0.385. The van der Waals surface area contributed by atoms with E-state index in [1.54, 1.807) is 30.0 Å². The van der Waals surface area contributed by atoms with E-state index in [0.717, 1.165) is 0 Å². The van der Waals surface area contributed by atoms with Gasteiger partial charge in [-0.15, -0.1) is 0 Å². The summed E-state index contributed by atoms with van der Waals surface area (Å²) in [6.45, 7) is 2.36. The summed E-state index contributed by atoms with van der Waals surface area (Å²) >= 11 is 0. The van der Waals surface area contributed by atoms with Gasteiger partial charge in [-0.25, -0.2) is 0 Å². The Kier molecular flexibility index (Phi) is 2.70. The molecule has 0 aliphatic carbocycles. The highest BCUT2D eigenvalue weighted by atomic mass is 16.4. The topological polar surface area (TPSA) is 99.2 Å². The molecular weight excluding hydrogens is 260 g/mol. The summed E-state index contributed by atoms with van der Waals surface area (Å²) in [5.74, 6) is -1.03. The van der Waals surface area contributed by atoms with E-state index in [9.17, 15) is 14.7 Å². The fourth-order valence-electron chi connectivity index (χ4n) is 2.46. The van der Waals surface area contributed by atoms with E-state index in [4.69, 9.17) is 0 Å². The van der Waals surface area contributed by atoms with Crippen molar-refractivity contribution in [3.05, 3.63) is 23.8 Å². The van der Waals surface area contributed by atoms with E-state index in [0.29, 0.717) is 29.6 Å². The van der Waals surface area contributed by atoms with Crippen LogP contribution in [0.3, 0.4) is 0 Å². The van der Waals surface area contributed by atoms with Gasteiger partial charge >= 0.3 is 5.97 Å². The molecular formula is C13H14N4O3. The Morgan fingerprint density at radius 2 is 2.10 bits per heavy atom. The number of hydrogen-bond donors (Lipinski definition) is 2. The number of benzene rings is 1. The molecule has 2 aromatic rings. The summed E-state index contributed by atoms with van der Waals surface area (Å²) < 4.78 is 0. The molecule has 1 aliphatic heterocycles. The SMILES string of the molecule is CC1(C(=O)O)CCN(C(=O)c2ccc3n[nH]nc3c2)C1. The van der Waals surface area contributed by atoms with Gasteiger partial charge in [-0.3, -0.25) is 9.59 Å². The number of H-pyrrole nitrogens is 1. The second-order valence-electron chi connectivity index (χ2n) is 5.37. The van der Waals surface area contributed by atoms with Crippen LogP contribution >= 0.6 is 0 Å². The first-order valence-electron chi connectivity index (χ1n) is 6.33. The van der Waals surface area contributed by atoms with E-state index < -0.39 is 11.4 Å². The van der Waals surface area contributed by atoms with Crippen LogP contribution in [0.4, 0.5) is 0 Å². The molecule has 0 saturated carbocycles. The molecule has 104 valence electrons. The second kappa shape index (κ2) is 4.29. The molecule has 1 saturated heterocycles. The monoisotopic (exact) mass is 274 g/mol. The summed E-state index contributed by atoms with van der Waals surface area (Å²) in [5, 5.41) is 19.6. The minimum absolute atomic E-state index is 0.167. The zero-order chi connectivity index (χ0) is 14.3. The Hall–Kier alpha value is -2.44. The van der Waals surface area contributed by atoms with Crippen LogP contribution in [0.15, 0.2) is 18.2 Å². The van der Waals surface area contributed by atoms with Crippen molar-refractivity contribution in [3.63, 3.8) is 0 Å². The van der Waals surface area contributed by atoms with Crippen molar-refractivity contribution >= 4 is 22.9 Å². The Bertz CT molecular complexity index is 696. The molecule has 1 unspecified atom stereocenters. The van der Waals surface area contributed by atoms with Gasteiger partial charge in [-0.2, -0.15) is 15.4 Å². The number of carbonyl (C=O) groups excluding carboxylic acids is 1. The number of likely N-dealkylation sites (tertiary alicyclic amines) is 1. The second-order valence-corrected chi connectivity index (χ2v) is 5.37. The number of aromatic amines is 1. The number of hydrogen-bond acceptors (Lipinski definition) is 4. The van der Waals surface area contributed by atoms with Gasteiger partial charge < -0.3 is 10.0 Å². The molecule has 1 aliphatic rings. The molecule has 3 rings (SSSR count). The van der Waals surface area contributed by atoms with Crippen LogP contribution in [-0.4, -0.2) is 50.4 Å². The van der Waals surface area contributed by atoms with Crippen molar-refractivity contribution in [2.24, 2.45) is 5.41 Å². The molecule has 7 heteroatoms. The van der Waals surface area contributed by atoms with E-state index in [-0.39, 0.29) is 12.5 Å². The lowest BCUT2D eigenvalue weighted by Gasteiger charge is -2.20. The molecule has 20 heavy (non-hydrogen) atoms. The summed E-state index contributed by atoms with van der Waals surface area (Å²) in [6.07, 6.45) is 0.472. The molecule has 0 bridgehead atoms. The third-order valence-electron chi connectivity index (χ3n) is 3.84. The van der Waals surface area contributed by atoms with Crippen molar-refractivity contribution < 1.29 is 14.7 Å². The van der Waals surface area contributed by atoms with Crippen LogP contribution in [0.2, 0.25) is 0 Å². The van der Waals surface area contributed by atoms with Crippen molar-refractivity contribution in [2.45, 2.75) is 13.3 Å². The largest absolute Gasteiger partial charge is 0.481 e. The Morgan fingerprint density at radius 3 is 2.80 bits per heavy atom. The fourth-order valence-corrected chi connectivity index (χ4v) is 2.46. The highest BCUT2D eigenvalue weighted by Gasteiger charge is 2.42. The number of amides is 1. The number of carbonyl (C=O) groups is 2. The van der Waals surface area contributed by atoms with Gasteiger partial charge in [0.1, 0.15) is 11.0 Å². The number of nitrogens with zero attached hydrogens (tertiary/aromatic N) is 3. The van der Waals surface area contributed by atoms with Gasteiger partial charge in [-0.05, 0) is 31.5 Å². The predicted molar refractivity (Wildman–Crippen MR) is 70.2 cm³/mol. The van der Waals surface area contributed by atoms with Gasteiger partial charge in [0.05, 0.1) is 5.41 Å². The van der Waals surface area contributed by atoms with Crippen LogP contribution in [0.5, 0.6) is 0 Å². The van der Waals surface area contributed by atoms with Crippen LogP contribution in [0, 0.1) is 5.41 Å². The molecule has 7 nitrogen and oxygen atoms in total. The molecule has 1 aromatic heterocycles. The number of nitrogens with one attached hydrogen (secondary N) is 1. The van der Waals surface area contributed by atoms with E-state index in [2.05, 4.69) is 15.4 Å². The van der Waals surface area contributed by atoms with Crippen LogP contribution < -0.4 is 0 Å². The van der Waals surface area contributed by atoms with Crippen LogP contribution in [0.1, 0.15) is 23.7 Å². The minimum atomic E-state index is -0.861. The maximum Gasteiger partial charge on any atom is 0.311 e. The molecule has 2 heterocycles. The van der Waals surface area contributed by atoms with Crippen LogP contribution in [0.25, 0.3) is 11.0 Å². The zero-order valence-electron chi connectivity index (χ0n) is 11.0. The van der Waals surface area contributed by atoms with Gasteiger partial charge in [0.2, 0.25) is 0 Å². The molecule has 1 atom stereocenters. The first-order chi connectivity index (χ1) is 9.49. The third-order valence-corrected chi connectivity index (χ3v) is 3.84. The quantitative estimate of drug-likeness (QED) is 0.847. The third kappa shape index (κ3) is 1.91. The highest BCUT2D eigenvalue weighted by Crippen LogP contribution is 2.31. The maximum atomic E-state index is 12.4. The smallest absolute Gasteiger partial charge is 0.311 e. The maximum absolute atomic E-state index is 12.4. The number of fused-ring (bicyclic) bond motifs is 1. The molecule has 1 fully saturated rings. The van der Waals surface area contributed by atoms with Crippen molar-refractivity contribution in [2.75, 3.05) is 13.1 Å². The highest BCUT2D eigenvalue weighted by molar-refractivity contribution is 5.97. The lowest BCUT2D eigenvalue weighted by molar-refractivity contribution is -0.147. The van der Waals surface area contributed by atoms with Crippen molar-refractivity contribution in [1.82, 2.24) is 20.3 Å². The standard InChI is InChI=1S/C13H14N4O3/c1-13(12(19)20)4-5-17(7-13)11(18)8-2-3-9-10(6-8)15-16-14-9/h2-3,6H,4-5,7H2,1H3,(H,19,20)(H,14,15,16). The summed E-state index contributed by atoms with van der Waals surface area (Å²) in [5.41, 5.74) is 0.962. The van der Waals surface area contributed by atoms with Crippen molar-refractivity contribution in [1.29, 1.82) is 0 Å². The molecule has 2 N–H and O–H groups in total. The Morgan fingerprint density at radius 1 is 1.35 bits per heavy atom. The van der Waals surface area contributed by atoms with Gasteiger partial charge in [0, 0.05) is 18.7 Å². The lowest BCUT2D eigenvalue weighted by atomic mass is 9.90. The van der Waals surface area contributed by atoms with E-state index in [1.807, 2.05) is 0 Å². The van der Waals surface area contributed by atoms with E-state index in [1.165, 1.54) is 0 Å². The Labute approximate surface area is 114 Å². The predicted octanol–water partition coefficient (Wildman–Crippen LogP) is 0.895. The first kappa shape index (κ1) is 12.6. The molecule has 1 aromatic carbocycles. The lowest BCUT2D eigenvalue weighted by Crippen LogP contribution is -2.34. The molecule has 1 amide bonds. The van der Waals surface area contributed by atoms with Crippen LogP contribution in [-0.2, 0) is 4.79 Å². The number of carboxylic acid groups (broad SMARTS) is 1. The zero-order valence-corrected chi connectivity index (χ0v) is 11.0. The van der Waals surface area contributed by atoms with Gasteiger partial charge in [-0.1, -0.05) is 0 Å². The normalized spacial score (nSPS) is 22.4. The number of aliphatic carboxylic acids is 1. The number of carboxylic acids is 1. The average molecular weight is 274 g/mol. The summed E-state index contributed by atoms with van der Waals surface area (Å²) in [6, 6.07) is 5.07. The summed E-state index contributed by atoms with van der Waals surface area (Å²) in [7, 11) is 0. The Balaban J connectivity index is 1.84. The minimum Gasteiger partial charge on any atom is -0.481 e. The first-order valence-corrected chi connectivity index (χ1v) is 6.33. The van der Waals surface area contributed by atoms with Crippen molar-refractivity contribution in [3.8, 4) is 0 Å². The average Bonchev–Trinajstić information content (AvgIpc) is 3.04. The van der Waals surface area contributed by atoms with Gasteiger partial charge in [0.15, 0.2) is 0 Å². The summed E-state index contributed by atoms with van der Waals surface area (Å²) in [4.78, 5) is 25.2. The molecule has 0 spiro atoms. The number of rotatable bonds is 2.